The van der Waals surface area contributed by atoms with E-state index in [0.717, 1.165) is 12.8 Å². The van der Waals surface area contributed by atoms with Crippen molar-refractivity contribution in [1.29, 1.82) is 0 Å². The lowest BCUT2D eigenvalue weighted by molar-refractivity contribution is 0.0695. The maximum Gasteiger partial charge on any atom is 0.337 e. The third kappa shape index (κ3) is 2.95. The number of rotatable bonds is 5. The summed E-state index contributed by atoms with van der Waals surface area (Å²) in [6, 6.07) is 2.65. The number of aromatic carboxylic acids is 1. The Morgan fingerprint density at radius 1 is 1.38 bits per heavy atom. The second kappa shape index (κ2) is 5.49. The summed E-state index contributed by atoms with van der Waals surface area (Å²) in [5, 5.41) is 8.83. The first-order chi connectivity index (χ1) is 7.58. The van der Waals surface area contributed by atoms with Gasteiger partial charge in [0, 0.05) is 18.8 Å². The average molecular weight is 223 g/mol. The van der Waals surface area contributed by atoms with Gasteiger partial charge in [0.05, 0.1) is 5.56 Å². The second-order valence-corrected chi connectivity index (χ2v) is 3.90. The van der Waals surface area contributed by atoms with Crippen LogP contribution in [0.1, 0.15) is 37.0 Å². The fraction of sp³-hybridized carbons (Fsp3) is 0.500. The van der Waals surface area contributed by atoms with Crippen LogP contribution in [0.4, 0.5) is 0 Å². The summed E-state index contributed by atoms with van der Waals surface area (Å²) < 4.78 is 1.49. The van der Waals surface area contributed by atoms with Gasteiger partial charge in [0.2, 0.25) is 0 Å². The maximum atomic E-state index is 11.5. The zero-order valence-corrected chi connectivity index (χ0v) is 9.64. The first kappa shape index (κ1) is 12.5. The van der Waals surface area contributed by atoms with Crippen LogP contribution in [0.15, 0.2) is 23.1 Å². The molecular formula is C12H17NO3. The van der Waals surface area contributed by atoms with Crippen LogP contribution in [-0.4, -0.2) is 15.6 Å². The Hall–Kier alpha value is -1.58. The summed E-state index contributed by atoms with van der Waals surface area (Å²) in [4.78, 5) is 22.3. The molecule has 0 atom stereocenters. The van der Waals surface area contributed by atoms with Crippen LogP contribution in [0.25, 0.3) is 0 Å². The van der Waals surface area contributed by atoms with Crippen molar-refractivity contribution < 1.29 is 9.90 Å². The quantitative estimate of drug-likeness (QED) is 0.830. The van der Waals surface area contributed by atoms with Crippen LogP contribution >= 0.6 is 0 Å². The third-order valence-electron chi connectivity index (χ3n) is 2.84. The first-order valence-electron chi connectivity index (χ1n) is 5.52. The molecule has 1 heterocycles. The lowest BCUT2D eigenvalue weighted by Crippen LogP contribution is -2.23. The minimum Gasteiger partial charge on any atom is -0.478 e. The molecule has 0 aliphatic rings. The Morgan fingerprint density at radius 2 is 2.00 bits per heavy atom. The van der Waals surface area contributed by atoms with Crippen molar-refractivity contribution >= 4 is 5.97 Å². The summed E-state index contributed by atoms with van der Waals surface area (Å²) in [7, 11) is 0. The molecule has 1 N–H and O–H groups in total. The van der Waals surface area contributed by atoms with Crippen LogP contribution in [-0.2, 0) is 6.54 Å². The van der Waals surface area contributed by atoms with E-state index in [1.165, 1.54) is 22.9 Å². The number of hydrogen-bond acceptors (Lipinski definition) is 2. The molecule has 0 bridgehead atoms. The molecule has 0 saturated heterocycles. The highest BCUT2D eigenvalue weighted by atomic mass is 16.4. The number of pyridine rings is 1. The van der Waals surface area contributed by atoms with Crippen molar-refractivity contribution in [3.63, 3.8) is 0 Å². The number of hydrogen-bond donors (Lipinski definition) is 1. The number of aromatic nitrogens is 1. The van der Waals surface area contributed by atoms with Gasteiger partial charge in [0.25, 0.3) is 5.56 Å². The monoisotopic (exact) mass is 223 g/mol. The van der Waals surface area contributed by atoms with Crippen LogP contribution in [0.2, 0.25) is 0 Å². The van der Waals surface area contributed by atoms with E-state index in [2.05, 4.69) is 13.8 Å². The van der Waals surface area contributed by atoms with Crippen LogP contribution < -0.4 is 5.56 Å². The fourth-order valence-corrected chi connectivity index (χ4v) is 1.63. The van der Waals surface area contributed by atoms with Gasteiger partial charge in [-0.25, -0.2) is 4.79 Å². The van der Waals surface area contributed by atoms with Gasteiger partial charge in [-0.15, -0.1) is 0 Å². The van der Waals surface area contributed by atoms with Crippen molar-refractivity contribution in [1.82, 2.24) is 4.57 Å². The summed E-state index contributed by atoms with van der Waals surface area (Å²) in [6.45, 7) is 4.73. The van der Waals surface area contributed by atoms with E-state index in [-0.39, 0.29) is 11.1 Å². The van der Waals surface area contributed by atoms with E-state index < -0.39 is 5.97 Å². The Labute approximate surface area is 94.5 Å². The normalized spacial score (nSPS) is 10.7. The Balaban J connectivity index is 2.98. The fourth-order valence-electron chi connectivity index (χ4n) is 1.63. The van der Waals surface area contributed by atoms with Gasteiger partial charge in [-0.1, -0.05) is 26.7 Å². The molecule has 0 saturated carbocycles. The molecule has 0 fully saturated rings. The Bertz CT molecular complexity index is 419. The minimum absolute atomic E-state index is 0.142. The number of carbonyl (C=O) groups is 1. The molecule has 0 unspecified atom stereocenters. The van der Waals surface area contributed by atoms with Crippen molar-refractivity contribution in [2.45, 2.75) is 33.2 Å². The van der Waals surface area contributed by atoms with Crippen molar-refractivity contribution in [3.8, 4) is 0 Å². The van der Waals surface area contributed by atoms with Crippen LogP contribution in [0.5, 0.6) is 0 Å². The highest BCUT2D eigenvalue weighted by Crippen LogP contribution is 2.09. The highest BCUT2D eigenvalue weighted by molar-refractivity contribution is 5.87. The minimum atomic E-state index is -1.00. The largest absolute Gasteiger partial charge is 0.478 e. The van der Waals surface area contributed by atoms with E-state index in [9.17, 15) is 9.59 Å². The second-order valence-electron chi connectivity index (χ2n) is 3.90. The van der Waals surface area contributed by atoms with E-state index in [1.54, 1.807) is 0 Å². The van der Waals surface area contributed by atoms with Gasteiger partial charge < -0.3 is 9.67 Å². The van der Waals surface area contributed by atoms with Crippen molar-refractivity contribution in [3.05, 3.63) is 34.2 Å². The van der Waals surface area contributed by atoms with E-state index in [1.807, 2.05) is 0 Å². The molecular weight excluding hydrogens is 206 g/mol. The Kier molecular flexibility index (Phi) is 4.28. The molecule has 1 aromatic heterocycles. The molecule has 0 aliphatic carbocycles. The van der Waals surface area contributed by atoms with E-state index in [4.69, 9.17) is 5.11 Å². The molecule has 88 valence electrons. The molecule has 1 aromatic rings. The van der Waals surface area contributed by atoms with Crippen molar-refractivity contribution in [2.75, 3.05) is 0 Å². The summed E-state index contributed by atoms with van der Waals surface area (Å²) in [5.41, 5.74) is 0.0162. The van der Waals surface area contributed by atoms with E-state index in [0.29, 0.717) is 12.5 Å². The number of carboxylic acid groups (broad SMARTS) is 1. The van der Waals surface area contributed by atoms with Crippen molar-refractivity contribution in [2.24, 2.45) is 5.92 Å². The molecule has 0 aromatic carbocycles. The van der Waals surface area contributed by atoms with Gasteiger partial charge in [-0.2, -0.15) is 0 Å². The van der Waals surface area contributed by atoms with Crippen LogP contribution in [0.3, 0.4) is 0 Å². The van der Waals surface area contributed by atoms with Gasteiger partial charge in [-0.05, 0) is 12.0 Å². The topological polar surface area (TPSA) is 59.3 Å². The molecule has 4 heteroatoms. The van der Waals surface area contributed by atoms with Gasteiger partial charge >= 0.3 is 5.97 Å². The SMILES string of the molecule is CCC(CC)Cn1cc(C(=O)O)ccc1=O. The molecule has 1 rings (SSSR count). The highest BCUT2D eigenvalue weighted by Gasteiger charge is 2.08. The maximum absolute atomic E-state index is 11.5. The molecule has 0 radical (unpaired) electrons. The summed E-state index contributed by atoms with van der Waals surface area (Å²) in [5.74, 6) is -0.583. The molecule has 16 heavy (non-hydrogen) atoms. The number of nitrogens with zero attached hydrogens (tertiary/aromatic N) is 1. The Morgan fingerprint density at radius 3 is 2.50 bits per heavy atom. The predicted molar refractivity (Wildman–Crippen MR) is 61.7 cm³/mol. The summed E-state index contributed by atoms with van der Waals surface area (Å²) in [6.07, 6.45) is 3.39. The first-order valence-corrected chi connectivity index (χ1v) is 5.52. The van der Waals surface area contributed by atoms with Gasteiger partial charge in [0.15, 0.2) is 0 Å². The molecule has 0 amide bonds. The van der Waals surface area contributed by atoms with Gasteiger partial charge in [0.1, 0.15) is 0 Å². The van der Waals surface area contributed by atoms with E-state index >= 15 is 0 Å². The summed E-state index contributed by atoms with van der Waals surface area (Å²) >= 11 is 0. The molecule has 0 spiro atoms. The molecule has 0 aliphatic heterocycles. The lowest BCUT2D eigenvalue weighted by Gasteiger charge is -2.14. The predicted octanol–water partition coefficient (Wildman–Crippen LogP) is 1.98. The van der Waals surface area contributed by atoms with Crippen LogP contribution in [0, 0.1) is 5.92 Å². The smallest absolute Gasteiger partial charge is 0.337 e. The standard InChI is InChI=1S/C12H17NO3/c1-3-9(4-2)7-13-8-10(12(15)16)5-6-11(13)14/h5-6,8-9H,3-4,7H2,1-2H3,(H,15,16). The molecule has 4 nitrogen and oxygen atoms in total. The zero-order chi connectivity index (χ0) is 12.1. The third-order valence-corrected chi connectivity index (χ3v) is 2.84. The average Bonchev–Trinajstić information content (AvgIpc) is 2.27. The number of carboxylic acids is 1. The van der Waals surface area contributed by atoms with Gasteiger partial charge in [-0.3, -0.25) is 4.79 Å². The zero-order valence-electron chi connectivity index (χ0n) is 9.64. The lowest BCUT2D eigenvalue weighted by atomic mass is 10.0.